The Balaban J connectivity index is 2.16. The number of nitrogens with zero attached hydrogens (tertiary/aromatic N) is 1. The molecule has 0 bridgehead atoms. The fraction of sp³-hybridized carbons (Fsp3) is 0.625. The van der Waals surface area contributed by atoms with E-state index in [9.17, 15) is 8.78 Å². The maximum absolute atomic E-state index is 13.9. The maximum atomic E-state index is 13.9. The third-order valence-electron chi connectivity index (χ3n) is 4.48. The van der Waals surface area contributed by atoms with Crippen molar-refractivity contribution in [2.75, 3.05) is 33.4 Å². The predicted molar refractivity (Wildman–Crippen MR) is 79.4 cm³/mol. The fourth-order valence-electron chi connectivity index (χ4n) is 2.99. The SMILES string of the molecule is CNC(Cc1cccc(F)c1F)C(C)(C)N1CCOCC1. The monoisotopic (exact) mass is 298 g/mol. The van der Waals surface area contributed by atoms with Crippen LogP contribution in [0, 0.1) is 11.6 Å². The largest absolute Gasteiger partial charge is 0.379 e. The minimum absolute atomic E-state index is 0.0203. The van der Waals surface area contributed by atoms with Gasteiger partial charge in [0.2, 0.25) is 0 Å². The van der Waals surface area contributed by atoms with E-state index >= 15 is 0 Å². The van der Waals surface area contributed by atoms with Gasteiger partial charge in [0.15, 0.2) is 11.6 Å². The van der Waals surface area contributed by atoms with Crippen molar-refractivity contribution in [3.8, 4) is 0 Å². The fourth-order valence-corrected chi connectivity index (χ4v) is 2.99. The Kier molecular flexibility index (Phi) is 5.30. The van der Waals surface area contributed by atoms with Crippen molar-refractivity contribution in [3.05, 3.63) is 35.4 Å². The van der Waals surface area contributed by atoms with Crippen molar-refractivity contribution >= 4 is 0 Å². The Labute approximate surface area is 125 Å². The number of benzene rings is 1. The van der Waals surface area contributed by atoms with Crippen molar-refractivity contribution in [2.24, 2.45) is 0 Å². The maximum Gasteiger partial charge on any atom is 0.162 e. The zero-order chi connectivity index (χ0) is 15.5. The number of hydrogen-bond donors (Lipinski definition) is 1. The summed E-state index contributed by atoms with van der Waals surface area (Å²) in [7, 11) is 1.87. The Morgan fingerprint density at radius 3 is 2.57 bits per heavy atom. The topological polar surface area (TPSA) is 24.5 Å². The van der Waals surface area contributed by atoms with Crippen LogP contribution in [0.1, 0.15) is 19.4 Å². The van der Waals surface area contributed by atoms with Crippen LogP contribution in [0.15, 0.2) is 18.2 Å². The summed E-state index contributed by atoms with van der Waals surface area (Å²) in [4.78, 5) is 2.34. The quantitative estimate of drug-likeness (QED) is 0.902. The van der Waals surface area contributed by atoms with Crippen LogP contribution in [0.3, 0.4) is 0 Å². The molecule has 1 saturated heterocycles. The zero-order valence-electron chi connectivity index (χ0n) is 13.0. The summed E-state index contributed by atoms with van der Waals surface area (Å²) >= 11 is 0. The molecule has 3 nitrogen and oxygen atoms in total. The third-order valence-corrected chi connectivity index (χ3v) is 4.48. The summed E-state index contributed by atoms with van der Waals surface area (Å²) in [5.74, 6) is -1.53. The summed E-state index contributed by atoms with van der Waals surface area (Å²) in [5, 5.41) is 3.26. The van der Waals surface area contributed by atoms with Gasteiger partial charge in [-0.3, -0.25) is 4.90 Å². The van der Waals surface area contributed by atoms with E-state index in [0.29, 0.717) is 25.2 Å². The number of ether oxygens (including phenoxy) is 1. The molecule has 1 aromatic rings. The summed E-state index contributed by atoms with van der Waals surface area (Å²) in [6.45, 7) is 7.42. The molecule has 0 aromatic heterocycles. The Morgan fingerprint density at radius 1 is 1.29 bits per heavy atom. The van der Waals surface area contributed by atoms with Crippen LogP contribution >= 0.6 is 0 Å². The van der Waals surface area contributed by atoms with Gasteiger partial charge in [-0.05, 0) is 38.9 Å². The van der Waals surface area contributed by atoms with Crippen LogP contribution in [-0.4, -0.2) is 49.8 Å². The lowest BCUT2D eigenvalue weighted by atomic mass is 9.87. The van der Waals surface area contributed by atoms with Crippen LogP contribution in [0.25, 0.3) is 0 Å². The molecular formula is C16H24F2N2O. The molecule has 0 radical (unpaired) electrons. The third kappa shape index (κ3) is 3.59. The highest BCUT2D eigenvalue weighted by Gasteiger charge is 2.35. The average molecular weight is 298 g/mol. The summed E-state index contributed by atoms with van der Waals surface area (Å²) in [6.07, 6.45) is 0.449. The van der Waals surface area contributed by atoms with Crippen LogP contribution in [-0.2, 0) is 11.2 Å². The number of rotatable bonds is 5. The molecule has 1 aliphatic heterocycles. The van der Waals surface area contributed by atoms with Crippen LogP contribution < -0.4 is 5.32 Å². The molecule has 21 heavy (non-hydrogen) atoms. The van der Waals surface area contributed by atoms with Gasteiger partial charge in [0, 0.05) is 24.7 Å². The predicted octanol–water partition coefficient (Wildman–Crippen LogP) is 2.21. The molecule has 0 spiro atoms. The first-order valence-corrected chi connectivity index (χ1v) is 7.39. The molecule has 1 atom stereocenters. The normalized spacial score (nSPS) is 18.7. The molecule has 0 amide bonds. The van der Waals surface area contributed by atoms with Crippen molar-refractivity contribution in [1.29, 1.82) is 0 Å². The van der Waals surface area contributed by atoms with Crippen LogP contribution in [0.5, 0.6) is 0 Å². The molecular weight excluding hydrogens is 274 g/mol. The first-order chi connectivity index (χ1) is 9.96. The summed E-state index contributed by atoms with van der Waals surface area (Å²) in [5.41, 5.74) is 0.243. The standard InChI is InChI=1S/C16H24F2N2O/c1-16(2,20-7-9-21-10-8-20)14(19-3)11-12-5-4-6-13(17)15(12)18/h4-6,14,19H,7-11H2,1-3H3. The molecule has 0 aliphatic carbocycles. The average Bonchev–Trinajstić information content (AvgIpc) is 2.49. The lowest BCUT2D eigenvalue weighted by Gasteiger charge is -2.46. The van der Waals surface area contributed by atoms with Crippen molar-refractivity contribution in [2.45, 2.75) is 31.8 Å². The number of morpholine rings is 1. The van der Waals surface area contributed by atoms with E-state index in [1.807, 2.05) is 7.05 Å². The van der Waals surface area contributed by atoms with Crippen LogP contribution in [0.2, 0.25) is 0 Å². The van der Waals surface area contributed by atoms with Gasteiger partial charge >= 0.3 is 0 Å². The number of hydrogen-bond acceptors (Lipinski definition) is 3. The Morgan fingerprint density at radius 2 is 1.95 bits per heavy atom. The van der Waals surface area contributed by atoms with Gasteiger partial charge in [0.1, 0.15) is 0 Å². The molecule has 5 heteroatoms. The van der Waals surface area contributed by atoms with Gasteiger partial charge in [-0.1, -0.05) is 12.1 Å². The van der Waals surface area contributed by atoms with Gasteiger partial charge in [-0.25, -0.2) is 8.78 Å². The molecule has 1 aliphatic rings. The second-order valence-corrected chi connectivity index (χ2v) is 6.01. The minimum atomic E-state index is -0.786. The van der Waals surface area contributed by atoms with Gasteiger partial charge in [-0.15, -0.1) is 0 Å². The van der Waals surface area contributed by atoms with Gasteiger partial charge in [0.25, 0.3) is 0 Å². The van der Waals surface area contributed by atoms with Crippen molar-refractivity contribution in [3.63, 3.8) is 0 Å². The van der Waals surface area contributed by atoms with E-state index in [4.69, 9.17) is 4.74 Å². The minimum Gasteiger partial charge on any atom is -0.379 e. The molecule has 1 heterocycles. The number of likely N-dealkylation sites (N-methyl/N-ethyl adjacent to an activating group) is 1. The zero-order valence-corrected chi connectivity index (χ0v) is 13.0. The summed E-state index contributed by atoms with van der Waals surface area (Å²) in [6, 6.07) is 4.38. The first kappa shape index (κ1) is 16.3. The van der Waals surface area contributed by atoms with E-state index in [1.165, 1.54) is 0 Å². The molecule has 2 rings (SSSR count). The molecule has 1 N–H and O–H groups in total. The Bertz CT molecular complexity index is 473. The van der Waals surface area contributed by atoms with E-state index in [0.717, 1.165) is 19.2 Å². The van der Waals surface area contributed by atoms with Gasteiger partial charge < -0.3 is 10.1 Å². The van der Waals surface area contributed by atoms with E-state index < -0.39 is 11.6 Å². The number of nitrogens with one attached hydrogen (secondary N) is 1. The van der Waals surface area contributed by atoms with E-state index in [-0.39, 0.29) is 11.6 Å². The van der Waals surface area contributed by atoms with E-state index in [2.05, 4.69) is 24.1 Å². The molecule has 1 fully saturated rings. The van der Waals surface area contributed by atoms with Crippen molar-refractivity contribution in [1.82, 2.24) is 10.2 Å². The second kappa shape index (κ2) is 6.81. The van der Waals surface area contributed by atoms with Gasteiger partial charge in [0.05, 0.1) is 13.2 Å². The second-order valence-electron chi connectivity index (χ2n) is 6.01. The first-order valence-electron chi connectivity index (χ1n) is 7.39. The van der Waals surface area contributed by atoms with E-state index in [1.54, 1.807) is 12.1 Å². The molecule has 1 aromatic carbocycles. The lowest BCUT2D eigenvalue weighted by molar-refractivity contribution is -0.0224. The summed E-state index contributed by atoms with van der Waals surface area (Å²) < 4.78 is 32.6. The highest BCUT2D eigenvalue weighted by Crippen LogP contribution is 2.24. The Hall–Kier alpha value is -1.04. The number of halogens is 2. The molecule has 1 unspecified atom stereocenters. The molecule has 0 saturated carbocycles. The van der Waals surface area contributed by atoms with Gasteiger partial charge in [-0.2, -0.15) is 0 Å². The smallest absolute Gasteiger partial charge is 0.162 e. The lowest BCUT2D eigenvalue weighted by Crippen LogP contribution is -2.60. The van der Waals surface area contributed by atoms with Crippen LogP contribution in [0.4, 0.5) is 8.78 Å². The van der Waals surface area contributed by atoms with Crippen molar-refractivity contribution < 1.29 is 13.5 Å². The highest BCUT2D eigenvalue weighted by molar-refractivity contribution is 5.21. The molecule has 118 valence electrons. The highest BCUT2D eigenvalue weighted by atomic mass is 19.2.